The van der Waals surface area contributed by atoms with Gasteiger partial charge in [0, 0.05) is 11.6 Å². The van der Waals surface area contributed by atoms with Crippen LogP contribution in [0.1, 0.15) is 36.0 Å². The average Bonchev–Trinajstić information content (AvgIpc) is 2.69. The Morgan fingerprint density at radius 3 is 2.23 bits per heavy atom. The van der Waals surface area contributed by atoms with Crippen molar-refractivity contribution in [2.24, 2.45) is 5.92 Å². The molecule has 0 heterocycles. The van der Waals surface area contributed by atoms with Gasteiger partial charge in [0.1, 0.15) is 5.82 Å². The number of amides is 1. The number of para-hydroxylation sites is 1. The molecule has 162 valence electrons. The molecule has 10 heteroatoms. The lowest BCUT2D eigenvalue weighted by molar-refractivity contribution is -0.187. The fourth-order valence-corrected chi connectivity index (χ4v) is 4.55. The molecule has 3 rings (SSSR count). The summed E-state index contributed by atoms with van der Waals surface area (Å²) in [5.74, 6) is -3.05. The van der Waals surface area contributed by atoms with Gasteiger partial charge >= 0.3 is 6.18 Å². The predicted octanol–water partition coefficient (Wildman–Crippen LogP) is 4.48. The van der Waals surface area contributed by atoms with Crippen molar-refractivity contribution in [1.29, 1.82) is 0 Å². The zero-order valence-electron chi connectivity index (χ0n) is 15.7. The number of hydrogen-bond acceptors (Lipinski definition) is 3. The lowest BCUT2D eigenvalue weighted by Gasteiger charge is -2.33. The van der Waals surface area contributed by atoms with Crippen LogP contribution in [0.5, 0.6) is 0 Å². The summed E-state index contributed by atoms with van der Waals surface area (Å²) in [6.07, 6.45) is -3.15. The molecular weight excluding hydrogens is 424 g/mol. The van der Waals surface area contributed by atoms with Crippen molar-refractivity contribution in [3.05, 3.63) is 59.9 Å². The third-order valence-corrected chi connectivity index (χ3v) is 6.43. The van der Waals surface area contributed by atoms with Crippen LogP contribution in [0.15, 0.2) is 53.4 Å². The van der Waals surface area contributed by atoms with Gasteiger partial charge < -0.3 is 5.32 Å². The number of anilines is 1. The number of alkyl halides is 3. The Balaban J connectivity index is 1.72. The van der Waals surface area contributed by atoms with Crippen molar-refractivity contribution in [1.82, 2.24) is 5.32 Å². The van der Waals surface area contributed by atoms with Crippen molar-refractivity contribution < 1.29 is 30.8 Å². The maximum absolute atomic E-state index is 13.7. The smallest absolute Gasteiger partial charge is 0.349 e. The number of carbonyl (C=O) groups excluding carboxylic acids is 1. The predicted molar refractivity (Wildman–Crippen MR) is 103 cm³/mol. The van der Waals surface area contributed by atoms with Gasteiger partial charge in [-0.05, 0) is 49.2 Å². The van der Waals surface area contributed by atoms with Crippen LogP contribution >= 0.6 is 0 Å². The van der Waals surface area contributed by atoms with Crippen molar-refractivity contribution in [3.63, 3.8) is 0 Å². The first-order chi connectivity index (χ1) is 14.1. The van der Waals surface area contributed by atoms with E-state index in [0.29, 0.717) is 12.8 Å². The van der Waals surface area contributed by atoms with E-state index in [2.05, 4.69) is 10.0 Å². The van der Waals surface area contributed by atoms with Gasteiger partial charge in [-0.15, -0.1) is 0 Å². The van der Waals surface area contributed by atoms with Crippen molar-refractivity contribution >= 4 is 21.6 Å². The largest absolute Gasteiger partial charge is 0.393 e. The first-order valence-corrected chi connectivity index (χ1v) is 10.8. The molecule has 2 aromatic carbocycles. The number of nitrogens with one attached hydrogen (secondary N) is 2. The summed E-state index contributed by atoms with van der Waals surface area (Å²) >= 11 is 0. The highest BCUT2D eigenvalue weighted by Crippen LogP contribution is 2.37. The van der Waals surface area contributed by atoms with Crippen LogP contribution in [-0.2, 0) is 10.0 Å². The van der Waals surface area contributed by atoms with Crippen LogP contribution < -0.4 is 10.0 Å². The Bertz CT molecular complexity index is 1010. The van der Waals surface area contributed by atoms with Crippen LogP contribution in [0, 0.1) is 11.7 Å². The van der Waals surface area contributed by atoms with E-state index in [-0.39, 0.29) is 29.0 Å². The summed E-state index contributed by atoms with van der Waals surface area (Å²) < 4.78 is 80.2. The number of halogens is 4. The van der Waals surface area contributed by atoms with Crippen molar-refractivity contribution in [3.8, 4) is 0 Å². The van der Waals surface area contributed by atoms with Gasteiger partial charge in [-0.2, -0.15) is 13.2 Å². The second-order valence-electron chi connectivity index (χ2n) is 7.12. The highest BCUT2D eigenvalue weighted by atomic mass is 32.2. The zero-order chi connectivity index (χ0) is 21.9. The van der Waals surface area contributed by atoms with Crippen LogP contribution in [0.25, 0.3) is 0 Å². The second-order valence-corrected chi connectivity index (χ2v) is 8.80. The molecule has 5 nitrogen and oxygen atoms in total. The van der Waals surface area contributed by atoms with E-state index in [1.807, 2.05) is 0 Å². The number of carbonyl (C=O) groups is 1. The van der Waals surface area contributed by atoms with Gasteiger partial charge in [0.25, 0.3) is 15.9 Å². The summed E-state index contributed by atoms with van der Waals surface area (Å²) in [5, 5.41) is 2.42. The second kappa shape index (κ2) is 8.63. The lowest BCUT2D eigenvalue weighted by atomic mass is 9.84. The number of benzene rings is 2. The Morgan fingerprint density at radius 1 is 0.967 bits per heavy atom. The van der Waals surface area contributed by atoms with Gasteiger partial charge in [-0.3, -0.25) is 9.52 Å². The van der Waals surface area contributed by atoms with E-state index < -0.39 is 39.9 Å². The molecule has 1 amide bonds. The molecule has 2 unspecified atom stereocenters. The van der Waals surface area contributed by atoms with Gasteiger partial charge in [0.15, 0.2) is 0 Å². The molecule has 2 N–H and O–H groups in total. The molecule has 0 bridgehead atoms. The zero-order valence-corrected chi connectivity index (χ0v) is 16.6. The molecule has 30 heavy (non-hydrogen) atoms. The summed E-state index contributed by atoms with van der Waals surface area (Å²) in [7, 11) is -4.10. The summed E-state index contributed by atoms with van der Waals surface area (Å²) in [4.78, 5) is 12.2. The third-order valence-electron chi connectivity index (χ3n) is 5.05. The molecule has 1 aliphatic rings. The third kappa shape index (κ3) is 5.10. The Hall–Kier alpha value is -2.62. The van der Waals surface area contributed by atoms with Crippen LogP contribution in [-0.4, -0.2) is 26.5 Å². The van der Waals surface area contributed by atoms with Gasteiger partial charge in [-0.25, -0.2) is 12.8 Å². The van der Waals surface area contributed by atoms with Crippen molar-refractivity contribution in [2.45, 2.75) is 42.8 Å². The Labute approximate surface area is 171 Å². The van der Waals surface area contributed by atoms with Gasteiger partial charge in [-0.1, -0.05) is 25.0 Å². The minimum absolute atomic E-state index is 0.0336. The fraction of sp³-hybridized carbons (Fsp3) is 0.350. The minimum atomic E-state index is -4.39. The van der Waals surface area contributed by atoms with Crippen LogP contribution in [0.3, 0.4) is 0 Å². The molecule has 0 aromatic heterocycles. The molecule has 0 radical (unpaired) electrons. The van der Waals surface area contributed by atoms with Crippen molar-refractivity contribution in [2.75, 3.05) is 4.72 Å². The summed E-state index contributed by atoms with van der Waals surface area (Å²) in [6, 6.07) is 8.91. The quantitative estimate of drug-likeness (QED) is 0.668. The van der Waals surface area contributed by atoms with E-state index in [4.69, 9.17) is 0 Å². The van der Waals surface area contributed by atoms with Gasteiger partial charge in [0.05, 0.1) is 16.5 Å². The van der Waals surface area contributed by atoms with E-state index >= 15 is 0 Å². The molecule has 1 aliphatic carbocycles. The SMILES string of the molecule is O=C(NC1CCCCC1C(F)(F)F)c1ccc(S(=O)(=O)Nc2ccccc2F)cc1. The first-order valence-electron chi connectivity index (χ1n) is 9.33. The van der Waals surface area contributed by atoms with E-state index in [9.17, 15) is 30.8 Å². The standard InChI is InChI=1S/C20H20F4N2O3S/c21-16-6-2-4-8-18(16)26-30(28,29)14-11-9-13(10-12-14)19(27)25-17-7-3-1-5-15(17)20(22,23)24/h2,4,6,8-12,15,17,26H,1,3,5,7H2,(H,25,27). The minimum Gasteiger partial charge on any atom is -0.349 e. The molecule has 0 spiro atoms. The molecule has 0 saturated heterocycles. The number of rotatable bonds is 5. The monoisotopic (exact) mass is 444 g/mol. The number of hydrogen-bond donors (Lipinski definition) is 2. The maximum atomic E-state index is 13.7. The molecule has 2 aromatic rings. The highest BCUT2D eigenvalue weighted by Gasteiger charge is 2.46. The Kier molecular flexibility index (Phi) is 6.35. The molecule has 2 atom stereocenters. The van der Waals surface area contributed by atoms with Gasteiger partial charge in [0.2, 0.25) is 0 Å². The first kappa shape index (κ1) is 22.1. The van der Waals surface area contributed by atoms with E-state index in [0.717, 1.165) is 18.2 Å². The molecule has 1 fully saturated rings. The van der Waals surface area contributed by atoms with Crippen LogP contribution in [0.4, 0.5) is 23.2 Å². The Morgan fingerprint density at radius 2 is 1.60 bits per heavy atom. The summed E-state index contributed by atoms with van der Waals surface area (Å²) in [6.45, 7) is 0. The normalized spacial score (nSPS) is 19.9. The van der Waals surface area contributed by atoms with E-state index in [1.165, 1.54) is 30.3 Å². The molecule has 0 aliphatic heterocycles. The molecule has 1 saturated carbocycles. The molecular formula is C20H20F4N2O3S. The fourth-order valence-electron chi connectivity index (χ4n) is 3.48. The highest BCUT2D eigenvalue weighted by molar-refractivity contribution is 7.92. The lowest BCUT2D eigenvalue weighted by Crippen LogP contribution is -2.47. The number of sulfonamides is 1. The topological polar surface area (TPSA) is 75.3 Å². The maximum Gasteiger partial charge on any atom is 0.393 e. The summed E-state index contributed by atoms with van der Waals surface area (Å²) in [5.41, 5.74) is -0.193. The van der Waals surface area contributed by atoms with Crippen LogP contribution in [0.2, 0.25) is 0 Å². The van der Waals surface area contributed by atoms with E-state index in [1.54, 1.807) is 0 Å². The average molecular weight is 444 g/mol.